The lowest BCUT2D eigenvalue weighted by Crippen LogP contribution is -2.37. The fourth-order valence-corrected chi connectivity index (χ4v) is 2.96. The first-order valence-electron chi connectivity index (χ1n) is 6.34. The van der Waals surface area contributed by atoms with Crippen molar-refractivity contribution in [2.75, 3.05) is 26.5 Å². The van der Waals surface area contributed by atoms with E-state index in [1.54, 1.807) is 18.9 Å². The lowest BCUT2D eigenvalue weighted by molar-refractivity contribution is 0.0668. The van der Waals surface area contributed by atoms with Crippen LogP contribution < -0.4 is 4.74 Å². The highest BCUT2D eigenvalue weighted by Gasteiger charge is 2.17. The van der Waals surface area contributed by atoms with Gasteiger partial charge in [0.2, 0.25) is 0 Å². The van der Waals surface area contributed by atoms with E-state index in [4.69, 9.17) is 4.74 Å². The molecule has 1 unspecified atom stereocenters. The quantitative estimate of drug-likeness (QED) is 0.849. The first-order valence-corrected chi connectivity index (χ1v) is 7.56. The summed E-state index contributed by atoms with van der Waals surface area (Å²) in [5.74, 6) is 0.942. The number of ether oxygens (including phenoxy) is 1. The van der Waals surface area contributed by atoms with E-state index in [0.717, 1.165) is 38.2 Å². The fourth-order valence-electron chi connectivity index (χ4n) is 2.41. The van der Waals surface area contributed by atoms with Gasteiger partial charge in [0.1, 0.15) is 5.75 Å². The number of benzene rings is 1. The number of thioether (sulfide) groups is 1. The zero-order chi connectivity index (χ0) is 13.0. The fraction of sp³-hybridized carbons (Fsp3) is 0.571. The smallest absolute Gasteiger partial charge is 0.132 e. The Balaban J connectivity index is 2.04. The highest BCUT2D eigenvalue weighted by atomic mass is 32.2. The van der Waals surface area contributed by atoms with Gasteiger partial charge in [-0.15, -0.1) is 11.8 Å². The highest BCUT2D eigenvalue weighted by Crippen LogP contribution is 2.29. The zero-order valence-electron chi connectivity index (χ0n) is 11.1. The number of methoxy groups -OCH3 is 1. The maximum atomic E-state index is 9.67. The zero-order valence-corrected chi connectivity index (χ0v) is 11.9. The molecule has 1 saturated heterocycles. The summed E-state index contributed by atoms with van der Waals surface area (Å²) >= 11 is 1.70. The van der Waals surface area contributed by atoms with Crippen LogP contribution >= 0.6 is 11.8 Å². The van der Waals surface area contributed by atoms with E-state index >= 15 is 0 Å². The number of likely N-dealkylation sites (tertiary alicyclic amines) is 1. The molecule has 1 heterocycles. The molecule has 0 bridgehead atoms. The van der Waals surface area contributed by atoms with Gasteiger partial charge in [-0.2, -0.15) is 0 Å². The third-order valence-electron chi connectivity index (χ3n) is 3.33. The normalized spacial score (nSPS) is 20.9. The van der Waals surface area contributed by atoms with Crippen LogP contribution in [0.15, 0.2) is 23.1 Å². The van der Waals surface area contributed by atoms with Crippen LogP contribution in [0.2, 0.25) is 0 Å². The number of aliphatic hydroxyl groups excluding tert-OH is 1. The number of rotatable bonds is 4. The maximum Gasteiger partial charge on any atom is 0.132 e. The molecule has 1 aromatic carbocycles. The number of β-amino-alcohol motifs (C(OH)–C–C–N with tert-alkyl or cyclic N) is 1. The molecule has 0 amide bonds. The Morgan fingerprint density at radius 3 is 3.00 bits per heavy atom. The van der Waals surface area contributed by atoms with E-state index in [2.05, 4.69) is 29.4 Å². The topological polar surface area (TPSA) is 32.7 Å². The van der Waals surface area contributed by atoms with Crippen LogP contribution in [0.5, 0.6) is 5.75 Å². The SMILES string of the molecule is COc1cc(CN2CCCC(O)C2)ccc1SC. The van der Waals surface area contributed by atoms with E-state index < -0.39 is 0 Å². The van der Waals surface area contributed by atoms with Crippen molar-refractivity contribution in [3.8, 4) is 5.75 Å². The average molecular weight is 267 g/mol. The average Bonchev–Trinajstić information content (AvgIpc) is 2.38. The molecule has 3 nitrogen and oxygen atoms in total. The summed E-state index contributed by atoms with van der Waals surface area (Å²) in [6.07, 6.45) is 3.91. The molecule has 1 fully saturated rings. The highest BCUT2D eigenvalue weighted by molar-refractivity contribution is 7.98. The van der Waals surface area contributed by atoms with Crippen LogP contribution in [0.25, 0.3) is 0 Å². The standard InChI is InChI=1S/C14H21NO2S/c1-17-13-8-11(5-6-14(13)18-2)9-15-7-3-4-12(16)10-15/h5-6,8,12,16H,3-4,7,9-10H2,1-2H3. The third-order valence-corrected chi connectivity index (χ3v) is 4.11. The molecule has 0 spiro atoms. The van der Waals surface area contributed by atoms with E-state index in [0.29, 0.717) is 0 Å². The van der Waals surface area contributed by atoms with Crippen LogP contribution in [-0.2, 0) is 6.54 Å². The molecule has 1 aromatic rings. The second-order valence-electron chi connectivity index (χ2n) is 4.72. The van der Waals surface area contributed by atoms with Gasteiger partial charge in [-0.3, -0.25) is 4.90 Å². The first-order chi connectivity index (χ1) is 8.72. The lowest BCUT2D eigenvalue weighted by Gasteiger charge is -2.30. The van der Waals surface area contributed by atoms with Crippen molar-refractivity contribution in [1.29, 1.82) is 0 Å². The van der Waals surface area contributed by atoms with Gasteiger partial charge in [0.15, 0.2) is 0 Å². The van der Waals surface area contributed by atoms with Crippen molar-refractivity contribution >= 4 is 11.8 Å². The molecule has 1 atom stereocenters. The molecule has 0 aliphatic carbocycles. The van der Waals surface area contributed by atoms with Crippen LogP contribution in [0.3, 0.4) is 0 Å². The van der Waals surface area contributed by atoms with E-state index in [-0.39, 0.29) is 6.10 Å². The van der Waals surface area contributed by atoms with Gasteiger partial charge in [0, 0.05) is 18.0 Å². The van der Waals surface area contributed by atoms with Crippen LogP contribution in [0.1, 0.15) is 18.4 Å². The van der Waals surface area contributed by atoms with Crippen molar-refractivity contribution in [2.24, 2.45) is 0 Å². The van der Waals surface area contributed by atoms with E-state index in [9.17, 15) is 5.11 Å². The van der Waals surface area contributed by atoms with Gasteiger partial charge in [0.05, 0.1) is 13.2 Å². The monoisotopic (exact) mass is 267 g/mol. The Labute approximate surface area is 113 Å². The molecule has 1 aliphatic rings. The number of hydrogen-bond acceptors (Lipinski definition) is 4. The Hall–Kier alpha value is -0.710. The summed E-state index contributed by atoms with van der Waals surface area (Å²) in [6.45, 7) is 2.75. The molecular weight excluding hydrogens is 246 g/mol. The van der Waals surface area contributed by atoms with E-state index in [1.807, 2.05) is 0 Å². The second-order valence-corrected chi connectivity index (χ2v) is 5.57. The number of piperidine rings is 1. The first kappa shape index (κ1) is 13.7. The molecule has 4 heteroatoms. The van der Waals surface area contributed by atoms with Crippen molar-refractivity contribution < 1.29 is 9.84 Å². The Morgan fingerprint density at radius 1 is 1.50 bits per heavy atom. The number of hydrogen-bond donors (Lipinski definition) is 1. The van der Waals surface area contributed by atoms with Gasteiger partial charge in [-0.1, -0.05) is 6.07 Å². The van der Waals surface area contributed by atoms with E-state index in [1.165, 1.54) is 10.5 Å². The van der Waals surface area contributed by atoms with Gasteiger partial charge in [0.25, 0.3) is 0 Å². The Bertz CT molecular complexity index is 397. The largest absolute Gasteiger partial charge is 0.496 e. The van der Waals surface area contributed by atoms with Gasteiger partial charge >= 0.3 is 0 Å². The summed E-state index contributed by atoms with van der Waals surface area (Å²) in [5, 5.41) is 9.67. The van der Waals surface area contributed by atoms with Crippen LogP contribution in [0, 0.1) is 0 Å². The number of nitrogens with zero attached hydrogens (tertiary/aromatic N) is 1. The maximum absolute atomic E-state index is 9.67. The minimum absolute atomic E-state index is 0.161. The Morgan fingerprint density at radius 2 is 2.33 bits per heavy atom. The lowest BCUT2D eigenvalue weighted by atomic mass is 10.1. The molecule has 18 heavy (non-hydrogen) atoms. The Kier molecular flexibility index (Phi) is 4.92. The molecule has 2 rings (SSSR count). The van der Waals surface area contributed by atoms with Crippen LogP contribution in [-0.4, -0.2) is 42.6 Å². The van der Waals surface area contributed by atoms with Crippen molar-refractivity contribution in [2.45, 2.75) is 30.4 Å². The third kappa shape index (κ3) is 3.40. The van der Waals surface area contributed by atoms with Crippen LogP contribution in [0.4, 0.5) is 0 Å². The van der Waals surface area contributed by atoms with Gasteiger partial charge < -0.3 is 9.84 Å². The summed E-state index contributed by atoms with van der Waals surface area (Å²) in [5.41, 5.74) is 1.25. The predicted octanol–water partition coefficient (Wildman–Crippen LogP) is 2.37. The summed E-state index contributed by atoms with van der Waals surface area (Å²) in [7, 11) is 1.71. The minimum Gasteiger partial charge on any atom is -0.496 e. The molecule has 100 valence electrons. The summed E-state index contributed by atoms with van der Waals surface area (Å²) < 4.78 is 5.40. The van der Waals surface area contributed by atoms with Crippen molar-refractivity contribution in [1.82, 2.24) is 4.90 Å². The molecule has 0 saturated carbocycles. The summed E-state index contributed by atoms with van der Waals surface area (Å²) in [6, 6.07) is 6.36. The van der Waals surface area contributed by atoms with Gasteiger partial charge in [-0.25, -0.2) is 0 Å². The molecule has 1 N–H and O–H groups in total. The molecule has 0 aromatic heterocycles. The minimum atomic E-state index is -0.161. The number of aliphatic hydroxyl groups is 1. The van der Waals surface area contributed by atoms with Gasteiger partial charge in [-0.05, 0) is 43.3 Å². The predicted molar refractivity (Wildman–Crippen MR) is 75.3 cm³/mol. The second kappa shape index (κ2) is 6.45. The molecule has 0 radical (unpaired) electrons. The van der Waals surface area contributed by atoms with Crippen molar-refractivity contribution in [3.63, 3.8) is 0 Å². The summed E-state index contributed by atoms with van der Waals surface area (Å²) in [4.78, 5) is 3.47. The van der Waals surface area contributed by atoms with Crippen molar-refractivity contribution in [3.05, 3.63) is 23.8 Å². The molecular formula is C14H21NO2S. The molecule has 1 aliphatic heterocycles.